The molecule has 5 nitrogen and oxygen atoms in total. The fourth-order valence-corrected chi connectivity index (χ4v) is 2.59. The minimum absolute atomic E-state index is 0.382. The molecular formula is C14H22ClN3O2. The van der Waals surface area contributed by atoms with Gasteiger partial charge in [-0.2, -0.15) is 5.10 Å². The SMILES string of the molecule is CCC(CCCn1cc(Cl)c(C)n1)(NC1CC1)C(=O)O. The van der Waals surface area contributed by atoms with Gasteiger partial charge in [0.1, 0.15) is 5.54 Å². The van der Waals surface area contributed by atoms with E-state index in [0.717, 1.165) is 25.0 Å². The molecule has 1 aliphatic carbocycles. The van der Waals surface area contributed by atoms with Crippen LogP contribution >= 0.6 is 11.6 Å². The molecule has 1 saturated carbocycles. The summed E-state index contributed by atoms with van der Waals surface area (Å²) in [6.45, 7) is 4.48. The lowest BCUT2D eigenvalue weighted by atomic mass is 9.90. The smallest absolute Gasteiger partial charge is 0.323 e. The molecule has 1 fully saturated rings. The highest BCUT2D eigenvalue weighted by atomic mass is 35.5. The summed E-state index contributed by atoms with van der Waals surface area (Å²) in [5.41, 5.74) is 0.00966. The maximum absolute atomic E-state index is 11.6. The normalized spacial score (nSPS) is 17.9. The van der Waals surface area contributed by atoms with Crippen molar-refractivity contribution in [2.45, 2.75) is 64.1 Å². The predicted octanol–water partition coefficient (Wildman–Crippen LogP) is 2.61. The van der Waals surface area contributed by atoms with E-state index in [1.54, 1.807) is 10.9 Å². The van der Waals surface area contributed by atoms with E-state index in [0.29, 0.717) is 30.5 Å². The molecule has 0 radical (unpaired) electrons. The molecule has 1 aromatic heterocycles. The number of aryl methyl sites for hydroxylation is 2. The zero-order valence-electron chi connectivity index (χ0n) is 12.0. The van der Waals surface area contributed by atoms with Gasteiger partial charge in [-0.15, -0.1) is 0 Å². The van der Waals surface area contributed by atoms with Crippen LogP contribution in [-0.2, 0) is 11.3 Å². The van der Waals surface area contributed by atoms with Crippen molar-refractivity contribution in [3.05, 3.63) is 16.9 Å². The number of rotatable bonds is 8. The summed E-state index contributed by atoms with van der Waals surface area (Å²) >= 11 is 5.96. The number of hydrogen-bond donors (Lipinski definition) is 2. The molecule has 1 aliphatic rings. The van der Waals surface area contributed by atoms with Gasteiger partial charge in [-0.25, -0.2) is 0 Å². The number of aromatic nitrogens is 2. The molecule has 1 aromatic rings. The molecule has 1 atom stereocenters. The van der Waals surface area contributed by atoms with Crippen LogP contribution in [0.4, 0.5) is 0 Å². The number of carboxylic acid groups (broad SMARTS) is 1. The Bertz CT molecular complexity index is 465. The lowest BCUT2D eigenvalue weighted by Gasteiger charge is -2.29. The number of aliphatic carboxylic acids is 1. The Morgan fingerprint density at radius 1 is 1.65 bits per heavy atom. The lowest BCUT2D eigenvalue weighted by molar-refractivity contribution is -0.145. The maximum atomic E-state index is 11.6. The zero-order chi connectivity index (χ0) is 14.8. The van der Waals surface area contributed by atoms with E-state index in [9.17, 15) is 9.90 Å². The predicted molar refractivity (Wildman–Crippen MR) is 78.0 cm³/mol. The van der Waals surface area contributed by atoms with Crippen molar-refractivity contribution in [2.75, 3.05) is 0 Å². The van der Waals surface area contributed by atoms with Crippen LogP contribution in [0.15, 0.2) is 6.20 Å². The summed E-state index contributed by atoms with van der Waals surface area (Å²) in [6, 6.07) is 0.382. The van der Waals surface area contributed by atoms with Gasteiger partial charge in [-0.05, 0) is 39.0 Å². The monoisotopic (exact) mass is 299 g/mol. The van der Waals surface area contributed by atoms with E-state index in [1.807, 2.05) is 13.8 Å². The standard InChI is InChI=1S/C14H22ClN3O2/c1-3-14(13(19)20,16-11-5-6-11)7-4-8-18-9-12(15)10(2)17-18/h9,11,16H,3-8H2,1-2H3,(H,19,20). The van der Waals surface area contributed by atoms with E-state index in [-0.39, 0.29) is 0 Å². The van der Waals surface area contributed by atoms with Gasteiger partial charge >= 0.3 is 5.97 Å². The summed E-state index contributed by atoms with van der Waals surface area (Å²) in [6.07, 6.45) is 5.92. The number of carboxylic acids is 1. The van der Waals surface area contributed by atoms with Crippen LogP contribution in [0, 0.1) is 6.92 Å². The van der Waals surface area contributed by atoms with Crippen molar-refractivity contribution in [1.82, 2.24) is 15.1 Å². The lowest BCUT2D eigenvalue weighted by Crippen LogP contribution is -2.52. The molecule has 2 rings (SSSR count). The van der Waals surface area contributed by atoms with Crippen molar-refractivity contribution in [1.29, 1.82) is 0 Å². The van der Waals surface area contributed by atoms with Gasteiger partial charge in [-0.3, -0.25) is 14.8 Å². The fraction of sp³-hybridized carbons (Fsp3) is 0.714. The van der Waals surface area contributed by atoms with Gasteiger partial charge in [0, 0.05) is 18.8 Å². The molecule has 0 aliphatic heterocycles. The minimum atomic E-state index is -0.798. The van der Waals surface area contributed by atoms with Gasteiger partial charge in [-0.1, -0.05) is 18.5 Å². The van der Waals surface area contributed by atoms with E-state index in [1.165, 1.54) is 0 Å². The van der Waals surface area contributed by atoms with Crippen LogP contribution in [0.3, 0.4) is 0 Å². The van der Waals surface area contributed by atoms with Crippen LogP contribution < -0.4 is 5.32 Å². The number of carbonyl (C=O) groups is 1. The Labute approximate surface area is 124 Å². The number of nitrogens with one attached hydrogen (secondary N) is 1. The van der Waals surface area contributed by atoms with E-state index in [2.05, 4.69) is 10.4 Å². The molecular weight excluding hydrogens is 278 g/mol. The highest BCUT2D eigenvalue weighted by molar-refractivity contribution is 6.31. The third-order valence-electron chi connectivity index (χ3n) is 3.95. The van der Waals surface area contributed by atoms with E-state index >= 15 is 0 Å². The molecule has 112 valence electrons. The van der Waals surface area contributed by atoms with E-state index < -0.39 is 11.5 Å². The first-order valence-electron chi connectivity index (χ1n) is 7.17. The molecule has 0 amide bonds. The van der Waals surface area contributed by atoms with Crippen LogP contribution in [-0.4, -0.2) is 32.4 Å². The Morgan fingerprint density at radius 2 is 2.35 bits per heavy atom. The molecule has 0 aromatic carbocycles. The van der Waals surface area contributed by atoms with Crippen molar-refractivity contribution in [2.24, 2.45) is 0 Å². The molecule has 20 heavy (non-hydrogen) atoms. The largest absolute Gasteiger partial charge is 0.480 e. The van der Waals surface area contributed by atoms with Gasteiger partial charge in [0.15, 0.2) is 0 Å². The topological polar surface area (TPSA) is 67.2 Å². The Morgan fingerprint density at radius 3 is 2.80 bits per heavy atom. The first kappa shape index (κ1) is 15.3. The quantitative estimate of drug-likeness (QED) is 0.774. The average molecular weight is 300 g/mol. The second-order valence-corrected chi connectivity index (χ2v) is 6.00. The summed E-state index contributed by atoms with van der Waals surface area (Å²) in [5, 5.41) is 17.8. The Hall–Kier alpha value is -1.07. The maximum Gasteiger partial charge on any atom is 0.323 e. The Balaban J connectivity index is 1.92. The van der Waals surface area contributed by atoms with Crippen LogP contribution in [0.1, 0.15) is 44.7 Å². The van der Waals surface area contributed by atoms with Crippen molar-refractivity contribution < 1.29 is 9.90 Å². The number of hydrogen-bond acceptors (Lipinski definition) is 3. The molecule has 1 heterocycles. The number of nitrogens with zero attached hydrogens (tertiary/aromatic N) is 2. The van der Waals surface area contributed by atoms with Crippen molar-refractivity contribution >= 4 is 17.6 Å². The van der Waals surface area contributed by atoms with Gasteiger partial charge in [0.2, 0.25) is 0 Å². The highest BCUT2D eigenvalue weighted by Crippen LogP contribution is 2.27. The van der Waals surface area contributed by atoms with Gasteiger partial charge in [0.25, 0.3) is 0 Å². The Kier molecular flexibility index (Phi) is 4.70. The first-order chi connectivity index (χ1) is 9.47. The molecule has 1 unspecified atom stereocenters. The average Bonchev–Trinajstić information content (AvgIpc) is 3.14. The zero-order valence-corrected chi connectivity index (χ0v) is 12.8. The summed E-state index contributed by atoms with van der Waals surface area (Å²) in [5.74, 6) is -0.749. The van der Waals surface area contributed by atoms with Crippen LogP contribution in [0.25, 0.3) is 0 Å². The minimum Gasteiger partial charge on any atom is -0.480 e. The first-order valence-corrected chi connectivity index (χ1v) is 7.55. The highest BCUT2D eigenvalue weighted by Gasteiger charge is 2.40. The molecule has 6 heteroatoms. The van der Waals surface area contributed by atoms with Crippen LogP contribution in [0.2, 0.25) is 5.02 Å². The summed E-state index contributed by atoms with van der Waals surface area (Å²) in [4.78, 5) is 11.6. The van der Waals surface area contributed by atoms with Crippen molar-refractivity contribution in [3.63, 3.8) is 0 Å². The molecule has 0 spiro atoms. The third kappa shape index (κ3) is 3.52. The van der Waals surface area contributed by atoms with Crippen molar-refractivity contribution in [3.8, 4) is 0 Å². The molecule has 2 N–H and O–H groups in total. The fourth-order valence-electron chi connectivity index (χ4n) is 2.44. The van der Waals surface area contributed by atoms with Crippen LogP contribution in [0.5, 0.6) is 0 Å². The second kappa shape index (κ2) is 6.14. The van der Waals surface area contributed by atoms with Gasteiger partial charge in [0.05, 0.1) is 10.7 Å². The third-order valence-corrected chi connectivity index (χ3v) is 4.32. The van der Waals surface area contributed by atoms with E-state index in [4.69, 9.17) is 11.6 Å². The summed E-state index contributed by atoms with van der Waals surface area (Å²) in [7, 11) is 0. The molecule has 0 saturated heterocycles. The molecule has 0 bridgehead atoms. The summed E-state index contributed by atoms with van der Waals surface area (Å²) < 4.78 is 1.79. The number of halogens is 1. The van der Waals surface area contributed by atoms with Gasteiger partial charge < -0.3 is 5.11 Å². The second-order valence-electron chi connectivity index (χ2n) is 5.59.